The van der Waals surface area contributed by atoms with Gasteiger partial charge < -0.3 is 9.47 Å². The molecule has 0 radical (unpaired) electrons. The summed E-state index contributed by atoms with van der Waals surface area (Å²) in [6, 6.07) is 21.1. The Labute approximate surface area is 157 Å². The molecule has 0 bridgehead atoms. The molecule has 0 saturated heterocycles. The molecule has 26 heavy (non-hydrogen) atoms. The molecular weight excluding hydrogens is 338 g/mol. The maximum absolute atomic E-state index is 4.77. The fraction of sp³-hybridized carbons (Fsp3) is 0.136. The molecule has 0 aliphatic rings. The largest absolute Gasteiger partial charge is 0.378 e. The highest BCUT2D eigenvalue weighted by molar-refractivity contribution is 7.21. The van der Waals surface area contributed by atoms with Gasteiger partial charge in [0.15, 0.2) is 0 Å². The molecule has 130 valence electrons. The SMILES string of the molecule is CN(C)c1ccc(/C=C/c2ccc(-c3nc4ccccc4s3)n2C)cc1. The summed E-state index contributed by atoms with van der Waals surface area (Å²) in [7, 11) is 6.20. The highest BCUT2D eigenvalue weighted by Gasteiger charge is 2.10. The molecule has 4 heteroatoms. The molecule has 0 saturated carbocycles. The van der Waals surface area contributed by atoms with E-state index >= 15 is 0 Å². The van der Waals surface area contributed by atoms with Crippen molar-refractivity contribution in [3.63, 3.8) is 0 Å². The molecule has 3 nitrogen and oxygen atoms in total. The van der Waals surface area contributed by atoms with Crippen LogP contribution in [0.15, 0.2) is 60.7 Å². The van der Waals surface area contributed by atoms with E-state index in [1.807, 2.05) is 6.07 Å². The zero-order chi connectivity index (χ0) is 18.1. The second-order valence-electron chi connectivity index (χ2n) is 6.51. The molecule has 4 rings (SSSR count). The fourth-order valence-corrected chi connectivity index (χ4v) is 3.98. The maximum Gasteiger partial charge on any atom is 0.141 e. The van der Waals surface area contributed by atoms with Crippen molar-refractivity contribution < 1.29 is 0 Å². The first-order valence-corrected chi connectivity index (χ1v) is 9.40. The van der Waals surface area contributed by atoms with Crippen LogP contribution in [0.1, 0.15) is 11.3 Å². The van der Waals surface area contributed by atoms with Crippen molar-refractivity contribution in [1.29, 1.82) is 0 Å². The lowest BCUT2D eigenvalue weighted by Gasteiger charge is -2.11. The first-order valence-electron chi connectivity index (χ1n) is 8.59. The average Bonchev–Trinajstić information content (AvgIpc) is 3.23. The van der Waals surface area contributed by atoms with Crippen molar-refractivity contribution in [1.82, 2.24) is 9.55 Å². The van der Waals surface area contributed by atoms with Gasteiger partial charge in [-0.1, -0.05) is 30.3 Å². The van der Waals surface area contributed by atoms with Crippen LogP contribution in [0.3, 0.4) is 0 Å². The lowest BCUT2D eigenvalue weighted by Crippen LogP contribution is -2.07. The standard InChI is InChI=1S/C22H21N3S/c1-24(2)17-11-8-16(9-12-17)10-13-18-14-15-20(25(18)3)22-23-19-6-4-5-7-21(19)26-22/h4-15H,1-3H3/b13-10+. The van der Waals surface area contributed by atoms with E-state index in [2.05, 4.69) is 97.4 Å². The highest BCUT2D eigenvalue weighted by atomic mass is 32.1. The Kier molecular flexibility index (Phi) is 4.35. The van der Waals surface area contributed by atoms with Gasteiger partial charge in [-0.05, 0) is 48.0 Å². The quantitative estimate of drug-likeness (QED) is 0.477. The van der Waals surface area contributed by atoms with E-state index in [4.69, 9.17) is 4.98 Å². The number of para-hydroxylation sites is 1. The van der Waals surface area contributed by atoms with Crippen molar-refractivity contribution in [3.05, 3.63) is 71.9 Å². The predicted octanol–water partition coefficient (Wildman–Crippen LogP) is 5.54. The number of nitrogens with zero attached hydrogens (tertiary/aromatic N) is 3. The molecule has 4 aromatic rings. The van der Waals surface area contributed by atoms with Crippen molar-refractivity contribution in [2.75, 3.05) is 19.0 Å². The number of benzene rings is 2. The summed E-state index contributed by atoms with van der Waals surface area (Å²) >= 11 is 1.74. The van der Waals surface area contributed by atoms with Crippen molar-refractivity contribution in [2.24, 2.45) is 7.05 Å². The monoisotopic (exact) mass is 359 g/mol. The van der Waals surface area contributed by atoms with Gasteiger partial charge in [0.05, 0.1) is 15.9 Å². The van der Waals surface area contributed by atoms with Crippen LogP contribution in [0.25, 0.3) is 33.1 Å². The summed E-state index contributed by atoms with van der Waals surface area (Å²) in [6.07, 6.45) is 4.30. The van der Waals surface area contributed by atoms with E-state index in [9.17, 15) is 0 Å². The number of fused-ring (bicyclic) bond motifs is 1. The molecule has 0 N–H and O–H groups in total. The van der Waals surface area contributed by atoms with Crippen molar-refractivity contribution >= 4 is 39.4 Å². The molecule has 0 spiro atoms. The third kappa shape index (κ3) is 3.16. The van der Waals surface area contributed by atoms with Crippen LogP contribution in [0.2, 0.25) is 0 Å². The lowest BCUT2D eigenvalue weighted by atomic mass is 10.2. The van der Waals surface area contributed by atoms with Crippen LogP contribution in [-0.4, -0.2) is 23.6 Å². The van der Waals surface area contributed by atoms with Crippen LogP contribution in [0.4, 0.5) is 5.69 Å². The van der Waals surface area contributed by atoms with Gasteiger partial charge in [0.25, 0.3) is 0 Å². The zero-order valence-electron chi connectivity index (χ0n) is 15.2. The number of rotatable bonds is 4. The molecule has 2 heterocycles. The molecule has 0 unspecified atom stereocenters. The van der Waals surface area contributed by atoms with Crippen LogP contribution < -0.4 is 4.90 Å². The van der Waals surface area contributed by atoms with Gasteiger partial charge in [-0.2, -0.15) is 0 Å². The first-order chi connectivity index (χ1) is 12.6. The van der Waals surface area contributed by atoms with Gasteiger partial charge in [0.1, 0.15) is 5.01 Å². The van der Waals surface area contributed by atoms with Crippen LogP contribution >= 0.6 is 11.3 Å². The second-order valence-corrected chi connectivity index (χ2v) is 7.54. The van der Waals surface area contributed by atoms with Gasteiger partial charge in [0.2, 0.25) is 0 Å². The second kappa shape index (κ2) is 6.81. The van der Waals surface area contributed by atoms with Gasteiger partial charge >= 0.3 is 0 Å². The molecule has 0 aliphatic heterocycles. The maximum atomic E-state index is 4.77. The third-order valence-corrected chi connectivity index (χ3v) is 5.59. The Hall–Kier alpha value is -2.85. The minimum Gasteiger partial charge on any atom is -0.378 e. The summed E-state index contributed by atoms with van der Waals surface area (Å²) in [5.41, 5.74) is 5.77. The fourth-order valence-electron chi connectivity index (χ4n) is 2.96. The van der Waals surface area contributed by atoms with Gasteiger partial charge in [-0.25, -0.2) is 4.98 Å². The average molecular weight is 359 g/mol. The number of hydrogen-bond donors (Lipinski definition) is 0. The predicted molar refractivity (Wildman–Crippen MR) is 114 cm³/mol. The van der Waals surface area contributed by atoms with Gasteiger partial charge in [-0.3, -0.25) is 0 Å². The molecule has 0 atom stereocenters. The number of thiazole rings is 1. The Balaban J connectivity index is 1.60. The summed E-state index contributed by atoms with van der Waals surface area (Å²) in [4.78, 5) is 6.88. The van der Waals surface area contributed by atoms with E-state index in [0.717, 1.165) is 21.9 Å². The molecule has 0 amide bonds. The Morgan fingerprint density at radius 2 is 1.69 bits per heavy atom. The summed E-state index contributed by atoms with van der Waals surface area (Å²) in [5.74, 6) is 0. The minimum atomic E-state index is 1.06. The Morgan fingerprint density at radius 3 is 2.42 bits per heavy atom. The Morgan fingerprint density at radius 1 is 0.923 bits per heavy atom. The third-order valence-electron chi connectivity index (χ3n) is 4.53. The zero-order valence-corrected chi connectivity index (χ0v) is 16.0. The summed E-state index contributed by atoms with van der Waals surface area (Å²) in [5, 5.41) is 1.06. The van der Waals surface area contributed by atoms with Gasteiger partial charge in [0, 0.05) is 32.5 Å². The first kappa shape index (κ1) is 16.6. The topological polar surface area (TPSA) is 21.1 Å². The number of hydrogen-bond acceptors (Lipinski definition) is 3. The molecular formula is C22H21N3S. The minimum absolute atomic E-state index is 1.06. The lowest BCUT2D eigenvalue weighted by molar-refractivity contribution is 0.923. The van der Waals surface area contributed by atoms with E-state index in [-0.39, 0.29) is 0 Å². The van der Waals surface area contributed by atoms with E-state index < -0.39 is 0 Å². The van der Waals surface area contributed by atoms with E-state index in [0.29, 0.717) is 0 Å². The molecule has 0 fully saturated rings. The molecule has 0 aliphatic carbocycles. The Bertz CT molecular complexity index is 1040. The van der Waals surface area contributed by atoms with E-state index in [1.54, 1.807) is 11.3 Å². The number of aromatic nitrogens is 2. The van der Waals surface area contributed by atoms with Crippen LogP contribution in [0.5, 0.6) is 0 Å². The number of anilines is 1. The molecule has 2 aromatic heterocycles. The smallest absolute Gasteiger partial charge is 0.141 e. The van der Waals surface area contributed by atoms with E-state index in [1.165, 1.54) is 16.0 Å². The highest BCUT2D eigenvalue weighted by Crippen LogP contribution is 2.31. The summed E-state index contributed by atoms with van der Waals surface area (Å²) < 4.78 is 3.42. The van der Waals surface area contributed by atoms with Crippen molar-refractivity contribution in [3.8, 4) is 10.7 Å². The molecule has 2 aromatic carbocycles. The van der Waals surface area contributed by atoms with Crippen molar-refractivity contribution in [2.45, 2.75) is 0 Å². The normalized spacial score (nSPS) is 11.5. The van der Waals surface area contributed by atoms with Gasteiger partial charge in [-0.15, -0.1) is 11.3 Å². The van der Waals surface area contributed by atoms with Crippen LogP contribution in [0, 0.1) is 0 Å². The van der Waals surface area contributed by atoms with Crippen LogP contribution in [-0.2, 0) is 7.05 Å². The summed E-state index contributed by atoms with van der Waals surface area (Å²) in [6.45, 7) is 0.